The topological polar surface area (TPSA) is 94.4 Å². The summed E-state index contributed by atoms with van der Waals surface area (Å²) in [6, 6.07) is 1.09. The molecule has 9 nitrogen and oxygen atoms in total. The highest BCUT2D eigenvalue weighted by atomic mass is 35.5. The van der Waals surface area contributed by atoms with Gasteiger partial charge >= 0.3 is 0 Å². The number of carbonyl (C=O) groups is 2. The van der Waals surface area contributed by atoms with Gasteiger partial charge in [-0.05, 0) is 25.1 Å². The fourth-order valence-corrected chi connectivity index (χ4v) is 5.81. The molecule has 0 radical (unpaired) electrons. The van der Waals surface area contributed by atoms with E-state index in [1.165, 1.54) is 6.26 Å². The second kappa shape index (κ2) is 9.17. The van der Waals surface area contributed by atoms with Gasteiger partial charge in [-0.2, -0.15) is 0 Å². The van der Waals surface area contributed by atoms with Gasteiger partial charge in [0.15, 0.2) is 0 Å². The zero-order chi connectivity index (χ0) is 22.5. The van der Waals surface area contributed by atoms with Gasteiger partial charge in [0.1, 0.15) is 5.76 Å². The summed E-state index contributed by atoms with van der Waals surface area (Å²) >= 11 is 0. The molecule has 0 N–H and O–H groups in total. The van der Waals surface area contributed by atoms with E-state index < -0.39 is 27.9 Å². The van der Waals surface area contributed by atoms with Gasteiger partial charge in [0, 0.05) is 32.7 Å². The molecule has 2 amide bonds. The summed E-state index contributed by atoms with van der Waals surface area (Å²) in [5.41, 5.74) is 0.866. The second-order valence-corrected chi connectivity index (χ2v) is 10.8. The van der Waals surface area contributed by atoms with Gasteiger partial charge in [0.05, 0.1) is 42.3 Å². The maximum atomic E-state index is 13.5. The first kappa shape index (κ1) is 24.8. The summed E-state index contributed by atoms with van der Waals surface area (Å²) in [6.07, 6.45) is 4.23. The van der Waals surface area contributed by atoms with E-state index in [1.807, 2.05) is 13.8 Å². The predicted molar refractivity (Wildman–Crippen MR) is 122 cm³/mol. The van der Waals surface area contributed by atoms with Crippen LogP contribution in [0, 0.1) is 11.8 Å². The van der Waals surface area contributed by atoms with Crippen LogP contribution in [0.25, 0.3) is 0 Å². The number of carbonyl (C=O) groups excluding carboxylic acids is 2. The molecule has 178 valence electrons. The Morgan fingerprint density at radius 2 is 1.88 bits per heavy atom. The van der Waals surface area contributed by atoms with E-state index in [1.54, 1.807) is 17.0 Å². The molecule has 4 rings (SSSR count). The van der Waals surface area contributed by atoms with E-state index in [0.29, 0.717) is 23.6 Å². The average Bonchev–Trinajstić information content (AvgIpc) is 3.36. The van der Waals surface area contributed by atoms with Gasteiger partial charge in [-0.3, -0.25) is 14.5 Å². The highest BCUT2D eigenvalue weighted by molar-refractivity contribution is 7.89. The Hall–Kier alpha value is -1.88. The molecule has 0 aromatic carbocycles. The normalized spacial score (nSPS) is 24.7. The van der Waals surface area contributed by atoms with Crippen molar-refractivity contribution in [1.29, 1.82) is 0 Å². The van der Waals surface area contributed by atoms with Crippen molar-refractivity contribution in [2.24, 2.45) is 11.8 Å². The third-order valence-corrected chi connectivity index (χ3v) is 7.50. The largest absolute Gasteiger partial charge is 0.467 e. The van der Waals surface area contributed by atoms with Crippen LogP contribution in [0.2, 0.25) is 0 Å². The number of hydrogen-bond acceptors (Lipinski definition) is 7. The third kappa shape index (κ3) is 4.33. The van der Waals surface area contributed by atoms with Gasteiger partial charge in [-0.15, -0.1) is 12.4 Å². The first-order valence-electron chi connectivity index (χ1n) is 10.6. The smallest absolute Gasteiger partial charge is 0.258 e. The molecule has 1 aromatic rings. The summed E-state index contributed by atoms with van der Waals surface area (Å²) in [6.45, 7) is 8.29. The quantitative estimate of drug-likeness (QED) is 0.617. The molecule has 32 heavy (non-hydrogen) atoms. The number of halogens is 1. The van der Waals surface area contributed by atoms with Crippen LogP contribution in [-0.2, 0) is 21.4 Å². The summed E-state index contributed by atoms with van der Waals surface area (Å²) in [4.78, 5) is 32.6. The first-order chi connectivity index (χ1) is 14.6. The SMILES string of the molecule is CC(C)[C@H]1C(=O)N(S(C)(=O)=O)C2=CCN(C(=O)c3ccoc3CN3CCN(C)CC3)[C@@H]21.Cl. The number of furan rings is 1. The highest BCUT2D eigenvalue weighted by Gasteiger charge is 2.55. The molecular formula is C21H31ClN4O5S. The van der Waals surface area contributed by atoms with Gasteiger partial charge in [0.2, 0.25) is 15.9 Å². The molecule has 3 aliphatic heterocycles. The Morgan fingerprint density at radius 3 is 2.47 bits per heavy atom. The number of sulfonamides is 1. The summed E-state index contributed by atoms with van der Waals surface area (Å²) in [5, 5.41) is 0. The molecule has 0 aliphatic carbocycles. The van der Waals surface area contributed by atoms with E-state index in [0.717, 1.165) is 36.7 Å². The van der Waals surface area contributed by atoms with Gasteiger partial charge < -0.3 is 14.2 Å². The molecule has 11 heteroatoms. The lowest BCUT2D eigenvalue weighted by atomic mass is 9.89. The molecule has 0 bridgehead atoms. The molecular weight excluding hydrogens is 456 g/mol. The number of piperazine rings is 1. The van der Waals surface area contributed by atoms with Crippen molar-refractivity contribution in [2.75, 3.05) is 46.0 Å². The molecule has 2 atom stereocenters. The van der Waals surface area contributed by atoms with Crippen LogP contribution in [0.3, 0.4) is 0 Å². The van der Waals surface area contributed by atoms with E-state index in [4.69, 9.17) is 4.42 Å². The lowest BCUT2D eigenvalue weighted by Gasteiger charge is -2.32. The fourth-order valence-electron chi connectivity index (χ4n) is 4.80. The van der Waals surface area contributed by atoms with Gasteiger partial charge in [-0.1, -0.05) is 13.8 Å². The predicted octanol–water partition coefficient (Wildman–Crippen LogP) is 1.23. The van der Waals surface area contributed by atoms with Gasteiger partial charge in [0.25, 0.3) is 5.91 Å². The van der Waals surface area contributed by atoms with E-state index in [-0.39, 0.29) is 30.8 Å². The number of likely N-dealkylation sites (N-methyl/N-ethyl adjacent to an activating group) is 1. The minimum absolute atomic E-state index is 0. The van der Waals surface area contributed by atoms with Crippen LogP contribution in [0.4, 0.5) is 0 Å². The van der Waals surface area contributed by atoms with Gasteiger partial charge in [-0.25, -0.2) is 12.7 Å². The van der Waals surface area contributed by atoms with Crippen molar-refractivity contribution < 1.29 is 22.4 Å². The van der Waals surface area contributed by atoms with E-state index >= 15 is 0 Å². The molecule has 1 aromatic heterocycles. The zero-order valence-corrected chi connectivity index (χ0v) is 20.5. The first-order valence-corrected chi connectivity index (χ1v) is 12.5. The third-order valence-electron chi connectivity index (χ3n) is 6.45. The summed E-state index contributed by atoms with van der Waals surface area (Å²) < 4.78 is 31.1. The molecule has 4 heterocycles. The molecule has 0 spiro atoms. The number of rotatable bonds is 5. The van der Waals surface area contributed by atoms with E-state index in [9.17, 15) is 18.0 Å². The lowest BCUT2D eigenvalue weighted by Crippen LogP contribution is -2.45. The minimum Gasteiger partial charge on any atom is -0.467 e. The molecule has 2 fully saturated rings. The van der Waals surface area contributed by atoms with Crippen molar-refractivity contribution in [3.05, 3.63) is 35.4 Å². The summed E-state index contributed by atoms with van der Waals surface area (Å²) in [7, 11) is -1.67. The van der Waals surface area contributed by atoms with Crippen LogP contribution in [0.5, 0.6) is 0 Å². The highest BCUT2D eigenvalue weighted by Crippen LogP contribution is 2.42. The zero-order valence-electron chi connectivity index (χ0n) is 18.9. The average molecular weight is 487 g/mol. The van der Waals surface area contributed by atoms with Crippen LogP contribution >= 0.6 is 12.4 Å². The number of amides is 2. The number of hydrogen-bond donors (Lipinski definition) is 0. The Bertz CT molecular complexity index is 1010. The molecule has 0 saturated carbocycles. The van der Waals surface area contributed by atoms with E-state index in [2.05, 4.69) is 16.8 Å². The Labute approximate surface area is 195 Å². The molecule has 0 unspecified atom stereocenters. The standard InChI is InChI=1S/C21H30N4O5S.ClH/c1-14(2)18-19-16(25(21(18)27)31(4,28)29)5-7-24(19)20(26)15-6-12-30-17(15)13-23-10-8-22(3)9-11-23;/h5-6,12,14,18-19H,7-11,13H2,1-4H3;1H/t18-,19+;/m1./s1. The maximum absolute atomic E-state index is 13.5. The molecule has 3 aliphatic rings. The lowest BCUT2D eigenvalue weighted by molar-refractivity contribution is -0.128. The van der Waals surface area contributed by atoms with Crippen LogP contribution in [0.1, 0.15) is 30.0 Å². The monoisotopic (exact) mass is 486 g/mol. The Morgan fingerprint density at radius 1 is 1.22 bits per heavy atom. The summed E-state index contributed by atoms with van der Waals surface area (Å²) in [5.74, 6) is -0.803. The number of fused-ring (bicyclic) bond motifs is 1. The van der Waals surface area contributed by atoms with Crippen molar-refractivity contribution >= 4 is 34.2 Å². The van der Waals surface area contributed by atoms with Crippen molar-refractivity contribution in [3.8, 4) is 0 Å². The van der Waals surface area contributed by atoms with Crippen molar-refractivity contribution in [2.45, 2.75) is 26.4 Å². The van der Waals surface area contributed by atoms with Crippen LogP contribution in [0.15, 0.2) is 28.5 Å². The maximum Gasteiger partial charge on any atom is 0.258 e. The van der Waals surface area contributed by atoms with Crippen molar-refractivity contribution in [1.82, 2.24) is 19.0 Å². The Kier molecular flexibility index (Phi) is 7.09. The minimum atomic E-state index is -3.76. The molecule has 2 saturated heterocycles. The fraction of sp³-hybridized carbons (Fsp3) is 0.619. The Balaban J connectivity index is 0.00000289. The van der Waals surface area contributed by atoms with Crippen LogP contribution < -0.4 is 0 Å². The van der Waals surface area contributed by atoms with Crippen molar-refractivity contribution in [3.63, 3.8) is 0 Å². The number of nitrogens with zero attached hydrogens (tertiary/aromatic N) is 4. The second-order valence-electron chi connectivity index (χ2n) is 9.00. The van der Waals surface area contributed by atoms with Crippen LogP contribution in [-0.4, -0.2) is 91.3 Å².